The van der Waals surface area contributed by atoms with Gasteiger partial charge in [-0.25, -0.2) is 14.2 Å². The molecule has 0 unspecified atom stereocenters. The van der Waals surface area contributed by atoms with E-state index in [0.29, 0.717) is 43.4 Å². The third kappa shape index (κ3) is 5.43. The number of amides is 1. The minimum atomic E-state index is -0.833. The van der Waals surface area contributed by atoms with Gasteiger partial charge in [0.05, 0.1) is 34.5 Å². The average molecular weight is 608 g/mol. The molecule has 1 aliphatic heterocycles. The summed E-state index contributed by atoms with van der Waals surface area (Å²) < 4.78 is 26.6. The Labute approximate surface area is 255 Å². The SMILES string of the molecule is COC(=O)c1ccc(-c2ccc(/C=c3/sc4n(c3=O)[C@@H](c3ccc(F)cc3)C(C(=O)Nc3ccccc3)=C(C)N=4)o2)c(C)c1. The second kappa shape index (κ2) is 11.7. The summed E-state index contributed by atoms with van der Waals surface area (Å²) in [6.07, 6.45) is 1.64. The first-order chi connectivity index (χ1) is 21.2. The number of aryl methyl sites for hydroxylation is 1. The third-order valence-electron chi connectivity index (χ3n) is 7.30. The highest BCUT2D eigenvalue weighted by Gasteiger charge is 2.32. The van der Waals surface area contributed by atoms with E-state index in [1.54, 1.807) is 67.6 Å². The Morgan fingerprint density at radius 2 is 1.77 bits per heavy atom. The Hall–Kier alpha value is -5.35. The molecule has 44 heavy (non-hydrogen) atoms. The number of furan rings is 1. The molecule has 1 amide bonds. The molecule has 220 valence electrons. The van der Waals surface area contributed by atoms with Crippen LogP contribution in [0.2, 0.25) is 0 Å². The summed E-state index contributed by atoms with van der Waals surface area (Å²) in [4.78, 5) is 44.5. The van der Waals surface area contributed by atoms with E-state index in [4.69, 9.17) is 9.15 Å². The molecule has 10 heteroatoms. The Morgan fingerprint density at radius 3 is 2.48 bits per heavy atom. The largest absolute Gasteiger partial charge is 0.465 e. The number of anilines is 1. The lowest BCUT2D eigenvalue weighted by atomic mass is 9.95. The highest BCUT2D eigenvalue weighted by Crippen LogP contribution is 2.31. The molecule has 0 bridgehead atoms. The Balaban J connectivity index is 1.41. The molecule has 2 aromatic heterocycles. The van der Waals surface area contributed by atoms with Gasteiger partial charge in [0.25, 0.3) is 11.5 Å². The molecule has 1 aliphatic rings. The van der Waals surface area contributed by atoms with Gasteiger partial charge in [0.15, 0.2) is 4.80 Å². The van der Waals surface area contributed by atoms with Crippen LogP contribution in [0.1, 0.15) is 40.2 Å². The highest BCUT2D eigenvalue weighted by molar-refractivity contribution is 7.07. The molecule has 0 radical (unpaired) electrons. The lowest BCUT2D eigenvalue weighted by Crippen LogP contribution is -2.40. The number of para-hydroxylation sites is 1. The van der Waals surface area contributed by atoms with Gasteiger partial charge in [0.2, 0.25) is 0 Å². The number of esters is 1. The van der Waals surface area contributed by atoms with Crippen LogP contribution in [0.25, 0.3) is 17.4 Å². The second-order valence-electron chi connectivity index (χ2n) is 10.2. The molecule has 1 N–H and O–H groups in total. The number of allylic oxidation sites excluding steroid dienone is 1. The molecule has 3 aromatic carbocycles. The van der Waals surface area contributed by atoms with Crippen molar-refractivity contribution in [1.29, 1.82) is 0 Å². The molecule has 1 atom stereocenters. The standard InChI is InChI=1S/C34H26FN3O5S/c1-19-17-22(33(41)42-3)11-15-26(19)27-16-14-25(43-27)18-28-32(40)38-30(21-9-12-23(35)13-10-21)29(20(2)36-34(38)44-28)31(39)37-24-7-5-4-6-8-24/h4-18,30H,1-3H3,(H,37,39)/b28-18+/t30-/m0/s1. The van der Waals surface area contributed by atoms with E-state index in [1.165, 1.54) is 35.1 Å². The second-order valence-corrected chi connectivity index (χ2v) is 11.2. The number of benzene rings is 3. The van der Waals surface area contributed by atoms with E-state index in [-0.39, 0.29) is 11.1 Å². The average Bonchev–Trinajstić information content (AvgIpc) is 3.60. The maximum absolute atomic E-state index is 13.9. The Morgan fingerprint density at radius 1 is 1.02 bits per heavy atom. The number of fused-ring (bicyclic) bond motifs is 1. The van der Waals surface area contributed by atoms with E-state index >= 15 is 0 Å². The zero-order valence-corrected chi connectivity index (χ0v) is 24.8. The molecule has 0 aliphatic carbocycles. The summed E-state index contributed by atoms with van der Waals surface area (Å²) in [6, 6.07) is 22.6. The van der Waals surface area contributed by atoms with Gasteiger partial charge < -0.3 is 14.5 Å². The zero-order chi connectivity index (χ0) is 31.0. The van der Waals surface area contributed by atoms with E-state index in [0.717, 1.165) is 11.1 Å². The van der Waals surface area contributed by atoms with Crippen molar-refractivity contribution in [3.8, 4) is 11.3 Å². The molecule has 0 saturated heterocycles. The summed E-state index contributed by atoms with van der Waals surface area (Å²) in [7, 11) is 1.33. The van der Waals surface area contributed by atoms with Crippen LogP contribution in [-0.2, 0) is 9.53 Å². The number of thiazole rings is 1. The van der Waals surface area contributed by atoms with Crippen molar-refractivity contribution in [2.24, 2.45) is 4.99 Å². The first kappa shape index (κ1) is 28.8. The van der Waals surface area contributed by atoms with Crippen LogP contribution < -0.4 is 20.2 Å². The minimum absolute atomic E-state index is 0.283. The Bertz CT molecular complexity index is 2130. The van der Waals surface area contributed by atoms with Crippen LogP contribution in [0.15, 0.2) is 110 Å². The minimum Gasteiger partial charge on any atom is -0.465 e. The van der Waals surface area contributed by atoms with Crippen molar-refractivity contribution in [3.63, 3.8) is 0 Å². The van der Waals surface area contributed by atoms with Crippen LogP contribution >= 0.6 is 11.3 Å². The Kier molecular flexibility index (Phi) is 7.67. The molecular weight excluding hydrogens is 581 g/mol. The van der Waals surface area contributed by atoms with Gasteiger partial charge >= 0.3 is 5.97 Å². The van der Waals surface area contributed by atoms with E-state index < -0.39 is 23.7 Å². The number of halogens is 1. The fraction of sp³-hybridized carbons (Fsp3) is 0.118. The maximum atomic E-state index is 13.9. The van der Waals surface area contributed by atoms with E-state index in [9.17, 15) is 18.8 Å². The fourth-order valence-corrected chi connectivity index (χ4v) is 6.21. The molecule has 8 nitrogen and oxygen atoms in total. The number of hydrogen-bond donors (Lipinski definition) is 1. The van der Waals surface area contributed by atoms with Crippen molar-refractivity contribution >= 4 is 35.0 Å². The lowest BCUT2D eigenvalue weighted by Gasteiger charge is -2.25. The molecule has 5 aromatic rings. The van der Waals surface area contributed by atoms with Crippen LogP contribution in [0, 0.1) is 12.7 Å². The summed E-state index contributed by atoms with van der Waals surface area (Å²) in [5, 5.41) is 2.89. The lowest BCUT2D eigenvalue weighted by molar-refractivity contribution is -0.113. The topological polar surface area (TPSA) is 103 Å². The van der Waals surface area contributed by atoms with Crippen molar-refractivity contribution in [2.75, 3.05) is 12.4 Å². The summed E-state index contributed by atoms with van der Waals surface area (Å²) in [5.41, 5.74) is 3.58. The predicted molar refractivity (Wildman–Crippen MR) is 165 cm³/mol. The number of methoxy groups -OCH3 is 1. The van der Waals surface area contributed by atoms with Crippen LogP contribution in [0.4, 0.5) is 10.1 Å². The van der Waals surface area contributed by atoms with Gasteiger partial charge in [-0.05, 0) is 73.5 Å². The van der Waals surface area contributed by atoms with Gasteiger partial charge in [0.1, 0.15) is 17.3 Å². The molecule has 6 rings (SSSR count). The highest BCUT2D eigenvalue weighted by atomic mass is 32.1. The predicted octanol–water partition coefficient (Wildman–Crippen LogP) is 5.37. The third-order valence-corrected chi connectivity index (χ3v) is 8.28. The quantitative estimate of drug-likeness (QED) is 0.262. The van der Waals surface area contributed by atoms with E-state index in [1.807, 2.05) is 25.1 Å². The zero-order valence-electron chi connectivity index (χ0n) is 24.0. The number of ether oxygens (including phenoxy) is 1. The fourth-order valence-electron chi connectivity index (χ4n) is 5.18. The molecule has 0 saturated carbocycles. The molecule has 0 spiro atoms. The van der Waals surface area contributed by atoms with Crippen molar-refractivity contribution < 1.29 is 23.1 Å². The van der Waals surface area contributed by atoms with Gasteiger partial charge in [-0.1, -0.05) is 47.7 Å². The normalized spacial score (nSPS) is 14.6. The van der Waals surface area contributed by atoms with Crippen molar-refractivity contribution in [3.05, 3.63) is 144 Å². The molecular formula is C34H26FN3O5S. The van der Waals surface area contributed by atoms with Gasteiger partial charge in [-0.2, -0.15) is 0 Å². The number of aromatic nitrogens is 1. The van der Waals surface area contributed by atoms with Crippen LogP contribution in [-0.4, -0.2) is 23.6 Å². The van der Waals surface area contributed by atoms with Gasteiger partial charge in [-0.15, -0.1) is 0 Å². The number of nitrogens with zero attached hydrogens (tertiary/aromatic N) is 2. The number of carbonyl (C=O) groups is 2. The summed E-state index contributed by atoms with van der Waals surface area (Å²) in [5.74, 6) is -0.257. The first-order valence-electron chi connectivity index (χ1n) is 13.7. The van der Waals surface area contributed by atoms with Crippen LogP contribution in [0.3, 0.4) is 0 Å². The molecule has 0 fully saturated rings. The number of nitrogens with one attached hydrogen (secondary N) is 1. The summed E-state index contributed by atoms with van der Waals surface area (Å²) >= 11 is 1.17. The molecule has 3 heterocycles. The van der Waals surface area contributed by atoms with Crippen molar-refractivity contribution in [1.82, 2.24) is 4.57 Å². The smallest absolute Gasteiger partial charge is 0.337 e. The van der Waals surface area contributed by atoms with Crippen molar-refractivity contribution in [2.45, 2.75) is 19.9 Å². The first-order valence-corrected chi connectivity index (χ1v) is 14.5. The monoisotopic (exact) mass is 607 g/mol. The maximum Gasteiger partial charge on any atom is 0.337 e. The van der Waals surface area contributed by atoms with Gasteiger partial charge in [-0.3, -0.25) is 14.2 Å². The number of hydrogen-bond acceptors (Lipinski definition) is 7. The van der Waals surface area contributed by atoms with Gasteiger partial charge in [0, 0.05) is 17.3 Å². The summed E-state index contributed by atoms with van der Waals surface area (Å²) in [6.45, 7) is 3.59. The van der Waals surface area contributed by atoms with E-state index in [2.05, 4.69) is 10.3 Å². The number of rotatable bonds is 6. The number of carbonyl (C=O) groups excluding carboxylic acids is 2. The van der Waals surface area contributed by atoms with Crippen LogP contribution in [0.5, 0.6) is 0 Å².